The number of hydrogen-bond acceptors (Lipinski definition) is 4. The molecule has 0 amide bonds. The van der Waals surface area contributed by atoms with E-state index >= 15 is 0 Å². The van der Waals surface area contributed by atoms with Gasteiger partial charge in [0.25, 0.3) is 0 Å². The number of nitrogens with one attached hydrogen (secondary N) is 2. The third-order valence-corrected chi connectivity index (χ3v) is 1.83. The molecule has 0 radical (unpaired) electrons. The first-order valence-corrected chi connectivity index (χ1v) is 4.78. The minimum absolute atomic E-state index is 0.320. The van der Waals surface area contributed by atoms with Gasteiger partial charge >= 0.3 is 0 Å². The maximum Gasteiger partial charge on any atom is 0.192 e. The van der Waals surface area contributed by atoms with Gasteiger partial charge in [0.15, 0.2) is 5.82 Å². The monoisotopic (exact) mass is 191 g/mol. The molecule has 0 aliphatic carbocycles. The van der Waals surface area contributed by atoms with Crippen LogP contribution in [0.4, 0.5) is 0 Å². The standard InChI is InChI=1S/C4H9N5O2S/c1-3(7-12(2,10)11)4-5-8-9-6-4/h3H,2H2,1H3,(H2,7,10,11)(H,5,6,8,9). The second-order valence-electron chi connectivity index (χ2n) is 2.25. The summed E-state index contributed by atoms with van der Waals surface area (Å²) in [6.45, 7) is 1.63. The van der Waals surface area contributed by atoms with Crippen LogP contribution in [0, 0.1) is 0 Å². The number of hydrogen-bond donors (Lipinski definition) is 3. The van der Waals surface area contributed by atoms with Crippen molar-refractivity contribution in [1.29, 1.82) is 0 Å². The number of aromatic nitrogens is 4. The lowest BCUT2D eigenvalue weighted by atomic mass is 10.4. The van der Waals surface area contributed by atoms with Gasteiger partial charge in [-0.25, -0.2) is 8.93 Å². The van der Waals surface area contributed by atoms with Gasteiger partial charge in [0, 0.05) is 0 Å². The van der Waals surface area contributed by atoms with Crippen molar-refractivity contribution in [2.45, 2.75) is 13.0 Å². The van der Waals surface area contributed by atoms with E-state index in [1.54, 1.807) is 6.92 Å². The molecule has 0 aliphatic heterocycles. The van der Waals surface area contributed by atoms with E-state index in [9.17, 15) is 4.21 Å². The molecule has 0 aromatic carbocycles. The van der Waals surface area contributed by atoms with Gasteiger partial charge in [0.1, 0.15) is 9.99 Å². The van der Waals surface area contributed by atoms with Crippen LogP contribution >= 0.6 is 0 Å². The Morgan fingerprint density at radius 1 is 1.83 bits per heavy atom. The van der Waals surface area contributed by atoms with Crippen molar-refractivity contribution in [3.05, 3.63) is 5.82 Å². The third-order valence-electron chi connectivity index (χ3n) is 1.11. The van der Waals surface area contributed by atoms with Crippen LogP contribution in [0.25, 0.3) is 0 Å². The minimum Gasteiger partial charge on any atom is -0.303 e. The van der Waals surface area contributed by atoms with E-state index in [1.807, 2.05) is 0 Å². The Hall–Kier alpha value is -0.990. The van der Waals surface area contributed by atoms with Crippen LogP contribution in [0.2, 0.25) is 0 Å². The Morgan fingerprint density at radius 2 is 2.50 bits per heavy atom. The Labute approximate surface area is 69.5 Å². The lowest BCUT2D eigenvalue weighted by Crippen LogP contribution is -2.26. The molecule has 0 spiro atoms. The molecule has 1 rings (SSSR count). The van der Waals surface area contributed by atoms with E-state index in [2.05, 4.69) is 31.2 Å². The fraction of sp³-hybridized carbons (Fsp3) is 0.500. The smallest absolute Gasteiger partial charge is 0.192 e. The first-order valence-electron chi connectivity index (χ1n) is 3.09. The molecule has 2 unspecified atom stereocenters. The predicted octanol–water partition coefficient (Wildman–Crippen LogP) is -1.05. The van der Waals surface area contributed by atoms with E-state index in [4.69, 9.17) is 4.55 Å². The summed E-state index contributed by atoms with van der Waals surface area (Å²) in [4.78, 5) is 0. The summed E-state index contributed by atoms with van der Waals surface area (Å²) in [5.41, 5.74) is 0. The summed E-state index contributed by atoms with van der Waals surface area (Å²) in [6, 6.07) is -0.459. The van der Waals surface area contributed by atoms with Gasteiger partial charge in [-0.2, -0.15) is 5.21 Å². The van der Waals surface area contributed by atoms with Gasteiger partial charge in [-0.3, -0.25) is 0 Å². The summed E-state index contributed by atoms with van der Waals surface area (Å²) in [6.07, 6.45) is 0. The van der Waals surface area contributed by atoms with Gasteiger partial charge in [0.05, 0.1) is 6.04 Å². The molecular formula is C4H9N5O2S. The van der Waals surface area contributed by atoms with E-state index < -0.39 is 16.0 Å². The van der Waals surface area contributed by atoms with Gasteiger partial charge in [-0.05, 0) is 12.8 Å². The molecule has 0 saturated carbocycles. The molecule has 1 aromatic heterocycles. The van der Waals surface area contributed by atoms with Crippen molar-refractivity contribution in [3.8, 4) is 0 Å². The molecule has 7 nitrogen and oxygen atoms in total. The average molecular weight is 191 g/mol. The molecule has 0 bridgehead atoms. The fourth-order valence-electron chi connectivity index (χ4n) is 0.682. The molecule has 68 valence electrons. The molecule has 2 atom stereocenters. The normalized spacial score (nSPS) is 18.5. The molecule has 0 aliphatic rings. The largest absolute Gasteiger partial charge is 0.303 e. The fourth-order valence-corrected chi connectivity index (χ4v) is 1.34. The lowest BCUT2D eigenvalue weighted by molar-refractivity contribution is 0.526. The minimum atomic E-state index is -3.22. The summed E-state index contributed by atoms with van der Waals surface area (Å²) in [5, 5.41) is 12.8. The summed E-state index contributed by atoms with van der Waals surface area (Å²) < 4.78 is 21.9. The zero-order valence-electron chi connectivity index (χ0n) is 6.39. The maximum atomic E-state index is 10.7. The van der Waals surface area contributed by atoms with Crippen LogP contribution in [0.3, 0.4) is 0 Å². The van der Waals surface area contributed by atoms with Gasteiger partial charge in [0.2, 0.25) is 0 Å². The van der Waals surface area contributed by atoms with Crippen molar-refractivity contribution < 1.29 is 8.76 Å². The van der Waals surface area contributed by atoms with Gasteiger partial charge in [-0.15, -0.1) is 10.2 Å². The number of aromatic amines is 1. The number of H-pyrrole nitrogens is 1. The second-order valence-corrected chi connectivity index (χ2v) is 3.77. The van der Waals surface area contributed by atoms with Crippen LogP contribution < -0.4 is 4.72 Å². The van der Waals surface area contributed by atoms with E-state index in [-0.39, 0.29) is 0 Å². The van der Waals surface area contributed by atoms with Crippen LogP contribution in [-0.2, 0) is 9.99 Å². The number of rotatable bonds is 3. The molecule has 3 N–H and O–H groups in total. The zero-order chi connectivity index (χ0) is 9.19. The Bertz CT molecular complexity index is 330. The van der Waals surface area contributed by atoms with E-state index in [0.29, 0.717) is 5.82 Å². The highest BCUT2D eigenvalue weighted by Crippen LogP contribution is 2.03. The summed E-state index contributed by atoms with van der Waals surface area (Å²) in [5.74, 6) is 3.33. The number of nitrogens with zero attached hydrogens (tertiary/aromatic N) is 3. The lowest BCUT2D eigenvalue weighted by Gasteiger charge is -2.08. The van der Waals surface area contributed by atoms with Crippen LogP contribution in [0.15, 0.2) is 0 Å². The maximum absolute atomic E-state index is 10.7. The Morgan fingerprint density at radius 3 is 2.92 bits per heavy atom. The number of tetrazole rings is 1. The average Bonchev–Trinajstić information content (AvgIpc) is 2.32. The zero-order valence-corrected chi connectivity index (χ0v) is 7.21. The highest BCUT2D eigenvalue weighted by molar-refractivity contribution is 7.93. The summed E-state index contributed by atoms with van der Waals surface area (Å²) >= 11 is 0. The molecule has 0 fully saturated rings. The quantitative estimate of drug-likeness (QED) is 0.529. The summed E-state index contributed by atoms with van der Waals surface area (Å²) in [7, 11) is -3.22. The highest BCUT2D eigenvalue weighted by Gasteiger charge is 2.12. The van der Waals surface area contributed by atoms with E-state index in [0.717, 1.165) is 0 Å². The first kappa shape index (κ1) is 9.10. The van der Waals surface area contributed by atoms with Gasteiger partial charge in [-0.1, -0.05) is 5.21 Å². The highest BCUT2D eigenvalue weighted by atomic mass is 32.2. The Balaban J connectivity index is 2.68. The molecular weight excluding hydrogens is 182 g/mol. The SMILES string of the molecule is C=S(=O)(O)NC(C)c1nn[nH]n1. The van der Waals surface area contributed by atoms with Crippen LogP contribution in [-0.4, -0.2) is 35.3 Å². The first-order chi connectivity index (χ1) is 5.49. The predicted molar refractivity (Wildman–Crippen MR) is 43.6 cm³/mol. The van der Waals surface area contributed by atoms with E-state index in [1.165, 1.54) is 0 Å². The Kier molecular flexibility index (Phi) is 2.40. The van der Waals surface area contributed by atoms with Crippen LogP contribution in [0.1, 0.15) is 18.8 Å². The third kappa shape index (κ3) is 2.57. The molecule has 12 heavy (non-hydrogen) atoms. The van der Waals surface area contributed by atoms with Crippen molar-refractivity contribution in [2.24, 2.45) is 0 Å². The van der Waals surface area contributed by atoms with Crippen LogP contribution in [0.5, 0.6) is 0 Å². The molecule has 1 aromatic rings. The molecule has 1 heterocycles. The van der Waals surface area contributed by atoms with Crippen molar-refractivity contribution in [3.63, 3.8) is 0 Å². The topological polar surface area (TPSA) is 104 Å². The second kappa shape index (κ2) is 3.17. The van der Waals surface area contributed by atoms with Crippen molar-refractivity contribution in [2.75, 3.05) is 0 Å². The molecule has 0 saturated heterocycles. The van der Waals surface area contributed by atoms with Gasteiger partial charge < -0.3 is 4.55 Å². The van der Waals surface area contributed by atoms with Crippen molar-refractivity contribution >= 4 is 15.9 Å². The molecule has 8 heteroatoms. The van der Waals surface area contributed by atoms with Crippen molar-refractivity contribution in [1.82, 2.24) is 25.3 Å².